The zero-order valence-corrected chi connectivity index (χ0v) is 23.8. The molecule has 1 aliphatic heterocycles. The van der Waals surface area contributed by atoms with E-state index in [1.54, 1.807) is 0 Å². The van der Waals surface area contributed by atoms with Crippen LogP contribution in [0.25, 0.3) is 0 Å². The lowest BCUT2D eigenvalue weighted by Gasteiger charge is -2.39. The molecule has 0 aromatic heterocycles. The fourth-order valence-electron chi connectivity index (χ4n) is 4.12. The number of carbonyl (C=O) groups excluding carboxylic acids is 1. The van der Waals surface area contributed by atoms with E-state index in [9.17, 15) is 9.90 Å². The van der Waals surface area contributed by atoms with E-state index in [0.717, 1.165) is 30.9 Å². The molecule has 0 bridgehead atoms. The molecule has 0 radical (unpaired) electrons. The summed E-state index contributed by atoms with van der Waals surface area (Å²) in [7, 11) is 0. The number of likely N-dealkylation sites (tertiary alicyclic amines) is 1. The summed E-state index contributed by atoms with van der Waals surface area (Å²) in [6.07, 6.45) is -0.224. The SMILES string of the molecule is Cc1ccccc1C(=O)Nc1ccc(CN2C[C@@H](C)C(O)[C@@H](C)C2)c(C(I)(I)I)c1. The number of hydrogen-bond acceptors (Lipinski definition) is 3. The van der Waals surface area contributed by atoms with Crippen molar-refractivity contribution in [3.05, 3.63) is 64.7 Å². The Hall–Kier alpha value is 0.0200. The molecule has 1 amide bonds. The predicted octanol–water partition coefficient (Wildman–Crippen LogP) is 6.11. The molecule has 1 aliphatic rings. The highest BCUT2D eigenvalue weighted by molar-refractivity contribution is 14.3. The van der Waals surface area contributed by atoms with Crippen LogP contribution in [0.5, 0.6) is 0 Å². The van der Waals surface area contributed by atoms with Gasteiger partial charge in [-0.2, -0.15) is 0 Å². The Kier molecular flexibility index (Phi) is 8.47. The number of aryl methyl sites for hydroxylation is 1. The first-order valence-corrected chi connectivity index (χ1v) is 13.3. The van der Waals surface area contributed by atoms with Crippen LogP contribution in [0, 0.1) is 18.8 Å². The third-order valence-corrected chi connectivity index (χ3v) is 7.46. The van der Waals surface area contributed by atoms with Gasteiger partial charge in [-0.15, -0.1) is 0 Å². The maximum atomic E-state index is 12.8. The fourth-order valence-corrected chi connectivity index (χ4v) is 5.62. The summed E-state index contributed by atoms with van der Waals surface area (Å²) in [6, 6.07) is 13.9. The Morgan fingerprint density at radius 3 is 2.37 bits per heavy atom. The first-order chi connectivity index (χ1) is 14.1. The van der Waals surface area contributed by atoms with E-state index >= 15 is 0 Å². The Balaban J connectivity index is 1.82. The van der Waals surface area contributed by atoms with E-state index in [-0.39, 0.29) is 23.3 Å². The molecular weight excluding hydrogens is 717 g/mol. The fraction of sp³-hybridized carbons (Fsp3) is 0.435. The molecule has 4 nitrogen and oxygen atoms in total. The minimum Gasteiger partial charge on any atom is -0.392 e. The van der Waals surface area contributed by atoms with Crippen molar-refractivity contribution in [3.63, 3.8) is 0 Å². The number of rotatable bonds is 5. The second kappa shape index (κ2) is 10.3. The molecule has 0 aliphatic carbocycles. The molecule has 30 heavy (non-hydrogen) atoms. The van der Waals surface area contributed by atoms with Crippen LogP contribution in [0.2, 0.25) is 0 Å². The summed E-state index contributed by atoms with van der Waals surface area (Å²) in [5.74, 6) is 0.460. The van der Waals surface area contributed by atoms with E-state index in [0.29, 0.717) is 5.56 Å². The van der Waals surface area contributed by atoms with Gasteiger partial charge in [0.2, 0.25) is 0 Å². The average Bonchev–Trinajstić information content (AvgIpc) is 2.66. The number of alkyl halides is 3. The molecule has 162 valence electrons. The highest BCUT2D eigenvalue weighted by atomic mass is 127. The molecule has 1 saturated heterocycles. The molecule has 2 N–H and O–H groups in total. The quantitative estimate of drug-likeness (QED) is 0.287. The molecule has 1 unspecified atom stereocenters. The van der Waals surface area contributed by atoms with Gasteiger partial charge in [-0.3, -0.25) is 9.69 Å². The van der Waals surface area contributed by atoms with E-state index in [1.165, 1.54) is 11.1 Å². The van der Waals surface area contributed by atoms with Gasteiger partial charge in [-0.25, -0.2) is 0 Å². The van der Waals surface area contributed by atoms with Crippen LogP contribution in [0.15, 0.2) is 42.5 Å². The second-order valence-electron chi connectivity index (χ2n) is 8.28. The molecule has 2 aromatic rings. The zero-order chi connectivity index (χ0) is 22.1. The maximum Gasteiger partial charge on any atom is 0.255 e. The van der Waals surface area contributed by atoms with Crippen LogP contribution in [-0.4, -0.2) is 35.1 Å². The lowest BCUT2D eigenvalue weighted by Crippen LogP contribution is -2.47. The largest absolute Gasteiger partial charge is 0.392 e. The van der Waals surface area contributed by atoms with E-state index in [2.05, 4.69) is 104 Å². The highest BCUT2D eigenvalue weighted by Gasteiger charge is 2.32. The van der Waals surface area contributed by atoms with E-state index < -0.39 is 0 Å². The summed E-state index contributed by atoms with van der Waals surface area (Å²) >= 11 is 7.33. The smallest absolute Gasteiger partial charge is 0.255 e. The van der Waals surface area contributed by atoms with Crippen molar-refractivity contribution < 1.29 is 9.90 Å². The van der Waals surface area contributed by atoms with Gasteiger partial charge in [0.1, 0.15) is -0.565 Å². The van der Waals surface area contributed by atoms with Crippen molar-refractivity contribution in [2.45, 2.75) is 32.9 Å². The number of piperidine rings is 1. The van der Waals surface area contributed by atoms with Gasteiger partial charge in [0.25, 0.3) is 5.91 Å². The highest BCUT2D eigenvalue weighted by Crippen LogP contribution is 2.48. The molecule has 7 heteroatoms. The Labute approximate surface area is 220 Å². The van der Waals surface area contributed by atoms with Gasteiger partial charge < -0.3 is 10.4 Å². The lowest BCUT2D eigenvalue weighted by atomic mass is 9.88. The molecule has 1 fully saturated rings. The lowest BCUT2D eigenvalue weighted by molar-refractivity contribution is -0.0107. The average molecular weight is 744 g/mol. The third-order valence-electron chi connectivity index (χ3n) is 5.72. The number of carbonyl (C=O) groups is 1. The number of halogens is 3. The topological polar surface area (TPSA) is 52.6 Å². The molecular formula is C23H27I3N2O2. The summed E-state index contributed by atoms with van der Waals surface area (Å²) in [5.41, 5.74) is 4.94. The Morgan fingerprint density at radius 1 is 1.13 bits per heavy atom. The van der Waals surface area contributed by atoms with Crippen LogP contribution in [0.3, 0.4) is 0 Å². The van der Waals surface area contributed by atoms with Gasteiger partial charge in [-0.05, 0) is 121 Å². The molecule has 3 atom stereocenters. The van der Waals surface area contributed by atoms with Crippen LogP contribution in [0.1, 0.15) is 40.9 Å². The normalized spacial score (nSPS) is 22.7. The van der Waals surface area contributed by atoms with Gasteiger partial charge in [-0.1, -0.05) is 38.1 Å². The van der Waals surface area contributed by atoms with Crippen molar-refractivity contribution in [2.24, 2.45) is 11.8 Å². The molecule has 3 rings (SSSR count). The first kappa shape index (κ1) is 24.7. The Bertz CT molecular complexity index is 902. The number of nitrogens with one attached hydrogen (secondary N) is 1. The van der Waals surface area contributed by atoms with Gasteiger partial charge in [0.15, 0.2) is 0 Å². The van der Waals surface area contributed by atoms with E-state index in [4.69, 9.17) is 0 Å². The number of aliphatic hydroxyl groups excluding tert-OH is 1. The number of amides is 1. The van der Waals surface area contributed by atoms with E-state index in [1.807, 2.05) is 37.3 Å². The number of nitrogens with zero attached hydrogens (tertiary/aromatic N) is 1. The number of benzene rings is 2. The van der Waals surface area contributed by atoms with Crippen LogP contribution in [0.4, 0.5) is 5.69 Å². The van der Waals surface area contributed by atoms with Crippen molar-refractivity contribution >= 4 is 79.4 Å². The Morgan fingerprint density at radius 2 is 1.77 bits per heavy atom. The maximum absolute atomic E-state index is 12.8. The van der Waals surface area contributed by atoms with Crippen molar-refractivity contribution in [1.82, 2.24) is 4.90 Å². The zero-order valence-electron chi connectivity index (χ0n) is 17.3. The standard InChI is InChI=1S/C23H27I3N2O2/c1-14-6-4-5-7-19(14)22(30)27-18-9-8-17(20(10-18)23(24,25)26)13-28-11-15(2)21(29)16(3)12-28/h4-10,15-16,21,29H,11-13H2,1-3H3,(H,27,30)/t15-,16+,21?. The summed E-state index contributed by atoms with van der Waals surface area (Å²) in [6.45, 7) is 8.84. The van der Waals surface area contributed by atoms with Crippen molar-refractivity contribution in [1.29, 1.82) is 0 Å². The minimum absolute atomic E-state index is 0.0829. The van der Waals surface area contributed by atoms with Crippen LogP contribution in [-0.2, 0) is 5.98 Å². The van der Waals surface area contributed by atoms with Crippen molar-refractivity contribution in [2.75, 3.05) is 18.4 Å². The molecule has 2 aromatic carbocycles. The summed E-state index contributed by atoms with van der Waals surface area (Å²) in [4.78, 5) is 15.2. The first-order valence-electron chi connectivity index (χ1n) is 10.0. The molecule has 0 spiro atoms. The number of hydrogen-bond donors (Lipinski definition) is 2. The minimum atomic E-state index is -0.224. The van der Waals surface area contributed by atoms with Crippen molar-refractivity contribution in [3.8, 4) is 0 Å². The number of anilines is 1. The monoisotopic (exact) mass is 744 g/mol. The van der Waals surface area contributed by atoms with Gasteiger partial charge in [0, 0.05) is 30.9 Å². The second-order valence-corrected chi connectivity index (χ2v) is 19.3. The molecule has 0 saturated carbocycles. The van der Waals surface area contributed by atoms with Gasteiger partial charge in [0.05, 0.1) is 6.10 Å². The summed E-state index contributed by atoms with van der Waals surface area (Å²) in [5, 5.41) is 13.3. The molecule has 1 heterocycles. The third kappa shape index (κ3) is 6.08. The summed E-state index contributed by atoms with van der Waals surface area (Å²) < 4.78 is -0.126. The predicted molar refractivity (Wildman–Crippen MR) is 149 cm³/mol. The van der Waals surface area contributed by atoms with Crippen LogP contribution >= 0.6 is 67.8 Å². The number of aliphatic hydroxyl groups is 1. The van der Waals surface area contributed by atoms with Crippen LogP contribution < -0.4 is 5.32 Å². The van der Waals surface area contributed by atoms with Gasteiger partial charge >= 0.3 is 0 Å².